The van der Waals surface area contributed by atoms with E-state index in [4.69, 9.17) is 10.5 Å². The highest BCUT2D eigenvalue weighted by Crippen LogP contribution is 2.24. The van der Waals surface area contributed by atoms with Gasteiger partial charge >= 0.3 is 0 Å². The summed E-state index contributed by atoms with van der Waals surface area (Å²) < 4.78 is 5.16. The van der Waals surface area contributed by atoms with Gasteiger partial charge in [0.05, 0.1) is 12.8 Å². The van der Waals surface area contributed by atoms with E-state index in [2.05, 4.69) is 9.97 Å². The third-order valence-electron chi connectivity index (χ3n) is 3.17. The molecule has 106 valence electrons. The lowest BCUT2D eigenvalue weighted by Crippen LogP contribution is -2.26. The number of hydrogen-bond donors (Lipinski definition) is 1. The van der Waals surface area contributed by atoms with E-state index < -0.39 is 0 Å². The zero-order chi connectivity index (χ0) is 14.5. The van der Waals surface area contributed by atoms with E-state index in [9.17, 15) is 0 Å². The van der Waals surface area contributed by atoms with Gasteiger partial charge in [-0.2, -0.15) is 0 Å². The van der Waals surface area contributed by atoms with Gasteiger partial charge in [-0.25, -0.2) is 9.97 Å². The lowest BCUT2D eigenvalue weighted by atomic mass is 10.1. The summed E-state index contributed by atoms with van der Waals surface area (Å²) in [6.45, 7) is 3.31. The number of nitrogens with zero attached hydrogens (tertiary/aromatic N) is 3. The maximum atomic E-state index is 5.54. The Bertz CT molecular complexity index is 569. The molecule has 1 heterocycles. The molecule has 2 rings (SSSR count). The van der Waals surface area contributed by atoms with Crippen molar-refractivity contribution < 1.29 is 4.74 Å². The van der Waals surface area contributed by atoms with Crippen LogP contribution in [0.4, 0.5) is 5.95 Å². The number of benzene rings is 1. The first kappa shape index (κ1) is 14.3. The molecule has 0 radical (unpaired) electrons. The van der Waals surface area contributed by atoms with E-state index in [1.165, 1.54) is 0 Å². The minimum atomic E-state index is 0.582. The largest absolute Gasteiger partial charge is 0.497 e. The highest BCUT2D eigenvalue weighted by molar-refractivity contribution is 5.66. The van der Waals surface area contributed by atoms with Gasteiger partial charge in [0.2, 0.25) is 5.95 Å². The van der Waals surface area contributed by atoms with Crippen molar-refractivity contribution in [2.45, 2.75) is 6.92 Å². The quantitative estimate of drug-likeness (QED) is 0.900. The molecule has 5 heteroatoms. The highest BCUT2D eigenvalue weighted by Gasteiger charge is 2.08. The maximum Gasteiger partial charge on any atom is 0.225 e. The molecule has 2 N–H and O–H groups in total. The number of rotatable bonds is 5. The molecular formula is C15H20N4O. The van der Waals surface area contributed by atoms with Crippen LogP contribution >= 0.6 is 0 Å². The molecule has 1 aromatic carbocycles. The van der Waals surface area contributed by atoms with Crippen LogP contribution in [0.25, 0.3) is 11.1 Å². The number of ether oxygens (including phenoxy) is 1. The van der Waals surface area contributed by atoms with Crippen LogP contribution in [-0.2, 0) is 0 Å². The third kappa shape index (κ3) is 3.05. The molecule has 0 atom stereocenters. The van der Waals surface area contributed by atoms with Gasteiger partial charge in [0.15, 0.2) is 0 Å². The van der Waals surface area contributed by atoms with Crippen molar-refractivity contribution in [3.05, 3.63) is 36.2 Å². The van der Waals surface area contributed by atoms with Crippen LogP contribution in [0, 0.1) is 6.92 Å². The molecule has 2 aromatic rings. The van der Waals surface area contributed by atoms with E-state index in [-0.39, 0.29) is 0 Å². The molecule has 0 spiro atoms. The number of likely N-dealkylation sites (N-methyl/N-ethyl adjacent to an activating group) is 1. The molecule has 0 saturated heterocycles. The molecule has 0 aliphatic heterocycles. The lowest BCUT2D eigenvalue weighted by Gasteiger charge is -2.17. The van der Waals surface area contributed by atoms with Crippen LogP contribution in [0.1, 0.15) is 5.69 Å². The Balaban J connectivity index is 2.28. The first-order valence-corrected chi connectivity index (χ1v) is 6.55. The zero-order valence-electron chi connectivity index (χ0n) is 12.1. The fourth-order valence-corrected chi connectivity index (χ4v) is 1.99. The predicted octanol–water partition coefficient (Wildman–Crippen LogP) is 1.86. The van der Waals surface area contributed by atoms with Crippen LogP contribution < -0.4 is 15.4 Å². The SMILES string of the molecule is COc1ccc(-c2cnc(N(C)CCN)nc2C)cc1. The summed E-state index contributed by atoms with van der Waals surface area (Å²) in [5.41, 5.74) is 8.60. The Kier molecular flexibility index (Phi) is 4.53. The fraction of sp³-hybridized carbons (Fsp3) is 0.333. The number of methoxy groups -OCH3 is 1. The van der Waals surface area contributed by atoms with Gasteiger partial charge in [0.25, 0.3) is 0 Å². The summed E-state index contributed by atoms with van der Waals surface area (Å²) in [6.07, 6.45) is 1.85. The smallest absolute Gasteiger partial charge is 0.225 e. The minimum absolute atomic E-state index is 0.582. The van der Waals surface area contributed by atoms with Crippen molar-refractivity contribution in [1.82, 2.24) is 9.97 Å². The number of aromatic nitrogens is 2. The maximum absolute atomic E-state index is 5.54. The van der Waals surface area contributed by atoms with Gasteiger partial charge in [-0.1, -0.05) is 12.1 Å². The second-order valence-corrected chi connectivity index (χ2v) is 4.61. The van der Waals surface area contributed by atoms with Gasteiger partial charge < -0.3 is 15.4 Å². The topological polar surface area (TPSA) is 64.3 Å². The second-order valence-electron chi connectivity index (χ2n) is 4.61. The molecule has 0 aliphatic rings. The van der Waals surface area contributed by atoms with Crippen molar-refractivity contribution in [2.24, 2.45) is 5.73 Å². The zero-order valence-corrected chi connectivity index (χ0v) is 12.1. The standard InChI is InChI=1S/C15H20N4O/c1-11-14(12-4-6-13(20-3)7-5-12)10-17-15(18-11)19(2)9-8-16/h4-7,10H,8-9,16H2,1-3H3. The normalized spacial score (nSPS) is 10.4. The molecule has 0 fully saturated rings. The van der Waals surface area contributed by atoms with Crippen molar-refractivity contribution in [3.8, 4) is 16.9 Å². The number of anilines is 1. The average molecular weight is 272 g/mol. The first-order valence-electron chi connectivity index (χ1n) is 6.55. The van der Waals surface area contributed by atoms with Gasteiger partial charge in [0, 0.05) is 31.9 Å². The van der Waals surface area contributed by atoms with Crippen molar-refractivity contribution in [3.63, 3.8) is 0 Å². The van der Waals surface area contributed by atoms with Crippen LogP contribution in [0.15, 0.2) is 30.5 Å². The first-order chi connectivity index (χ1) is 9.65. The Morgan fingerprint density at radius 1 is 1.25 bits per heavy atom. The Labute approximate surface area is 119 Å². The summed E-state index contributed by atoms with van der Waals surface area (Å²) in [5, 5.41) is 0. The summed E-state index contributed by atoms with van der Waals surface area (Å²) in [5.74, 6) is 1.54. The van der Waals surface area contributed by atoms with E-state index in [0.717, 1.165) is 29.1 Å². The lowest BCUT2D eigenvalue weighted by molar-refractivity contribution is 0.415. The molecule has 0 amide bonds. The van der Waals surface area contributed by atoms with E-state index >= 15 is 0 Å². The summed E-state index contributed by atoms with van der Waals surface area (Å²) in [6, 6.07) is 7.88. The Morgan fingerprint density at radius 2 is 1.95 bits per heavy atom. The predicted molar refractivity (Wildman–Crippen MR) is 81.1 cm³/mol. The molecule has 0 unspecified atom stereocenters. The van der Waals surface area contributed by atoms with Gasteiger partial charge in [-0.15, -0.1) is 0 Å². The van der Waals surface area contributed by atoms with E-state index in [1.54, 1.807) is 7.11 Å². The summed E-state index contributed by atoms with van der Waals surface area (Å²) in [4.78, 5) is 10.9. The van der Waals surface area contributed by atoms with Crippen LogP contribution in [0.5, 0.6) is 5.75 Å². The molecule has 20 heavy (non-hydrogen) atoms. The second kappa shape index (κ2) is 6.34. The van der Waals surface area contributed by atoms with Gasteiger partial charge in [-0.3, -0.25) is 0 Å². The molecular weight excluding hydrogens is 252 g/mol. The van der Waals surface area contributed by atoms with Crippen LogP contribution in [0.3, 0.4) is 0 Å². The van der Waals surface area contributed by atoms with Crippen molar-refractivity contribution in [2.75, 3.05) is 32.1 Å². The number of nitrogens with two attached hydrogens (primary N) is 1. The fourth-order valence-electron chi connectivity index (χ4n) is 1.99. The average Bonchev–Trinajstić information content (AvgIpc) is 2.47. The molecule has 0 bridgehead atoms. The minimum Gasteiger partial charge on any atom is -0.497 e. The molecule has 0 aliphatic carbocycles. The Morgan fingerprint density at radius 3 is 2.50 bits per heavy atom. The summed E-state index contributed by atoms with van der Waals surface area (Å²) >= 11 is 0. The Hall–Kier alpha value is -2.14. The van der Waals surface area contributed by atoms with Crippen LogP contribution in [0.2, 0.25) is 0 Å². The molecule has 5 nitrogen and oxygen atoms in total. The van der Waals surface area contributed by atoms with E-state index in [0.29, 0.717) is 12.5 Å². The van der Waals surface area contributed by atoms with Crippen molar-refractivity contribution >= 4 is 5.95 Å². The van der Waals surface area contributed by atoms with Gasteiger partial charge in [-0.05, 0) is 24.6 Å². The highest BCUT2D eigenvalue weighted by atomic mass is 16.5. The molecule has 1 aromatic heterocycles. The monoisotopic (exact) mass is 272 g/mol. The third-order valence-corrected chi connectivity index (χ3v) is 3.17. The number of aryl methyl sites for hydroxylation is 1. The van der Waals surface area contributed by atoms with Crippen LogP contribution in [-0.4, -0.2) is 37.2 Å². The number of hydrogen-bond acceptors (Lipinski definition) is 5. The molecule has 0 saturated carbocycles. The van der Waals surface area contributed by atoms with E-state index in [1.807, 2.05) is 49.3 Å². The summed E-state index contributed by atoms with van der Waals surface area (Å²) in [7, 11) is 3.60. The van der Waals surface area contributed by atoms with Gasteiger partial charge in [0.1, 0.15) is 5.75 Å². The van der Waals surface area contributed by atoms with Crippen molar-refractivity contribution in [1.29, 1.82) is 0 Å².